The number of ether oxygens (including phenoxy) is 1. The highest BCUT2D eigenvalue weighted by Crippen LogP contribution is 2.29. The highest BCUT2D eigenvalue weighted by molar-refractivity contribution is 6.07. The fraction of sp³-hybridized carbons (Fsp3) is 0.240. The van der Waals surface area contributed by atoms with E-state index in [0.717, 1.165) is 40.1 Å². The molecule has 3 heterocycles. The molecule has 156 valence electrons. The van der Waals surface area contributed by atoms with Gasteiger partial charge in [-0.25, -0.2) is 4.98 Å². The van der Waals surface area contributed by atoms with Gasteiger partial charge >= 0.3 is 0 Å². The third-order valence-corrected chi connectivity index (χ3v) is 5.72. The van der Waals surface area contributed by atoms with Gasteiger partial charge in [0.15, 0.2) is 5.78 Å². The zero-order valence-electron chi connectivity index (χ0n) is 17.7. The first-order valence-electron chi connectivity index (χ1n) is 10.5. The summed E-state index contributed by atoms with van der Waals surface area (Å²) in [7, 11) is 0. The number of ketones is 1. The summed E-state index contributed by atoms with van der Waals surface area (Å²) in [4.78, 5) is 21.9. The van der Waals surface area contributed by atoms with Gasteiger partial charge in [-0.15, -0.1) is 0 Å². The van der Waals surface area contributed by atoms with E-state index in [-0.39, 0.29) is 5.78 Å². The van der Waals surface area contributed by atoms with Gasteiger partial charge in [0.1, 0.15) is 5.82 Å². The van der Waals surface area contributed by atoms with Gasteiger partial charge in [0.05, 0.1) is 24.4 Å². The van der Waals surface area contributed by atoms with Crippen LogP contribution in [0.2, 0.25) is 0 Å². The van der Waals surface area contributed by atoms with E-state index in [0.29, 0.717) is 31.3 Å². The Balaban J connectivity index is 1.62. The van der Waals surface area contributed by atoms with Gasteiger partial charge < -0.3 is 10.1 Å². The number of fused-ring (bicyclic) bond motifs is 2. The Morgan fingerprint density at radius 3 is 2.77 bits per heavy atom. The number of hydrogen-bond donors (Lipinski definition) is 1. The molecule has 0 atom stereocenters. The van der Waals surface area contributed by atoms with Crippen LogP contribution in [0.3, 0.4) is 0 Å². The molecule has 5 rings (SSSR count). The first-order valence-corrected chi connectivity index (χ1v) is 10.5. The summed E-state index contributed by atoms with van der Waals surface area (Å²) in [5, 5.41) is 4.42. The van der Waals surface area contributed by atoms with E-state index in [2.05, 4.69) is 17.4 Å². The first kappa shape index (κ1) is 19.5. The van der Waals surface area contributed by atoms with Gasteiger partial charge in [-0.3, -0.25) is 9.36 Å². The largest absolute Gasteiger partial charge is 0.376 e. The summed E-state index contributed by atoms with van der Waals surface area (Å²) in [5.41, 5.74) is 5.85. The Bertz CT molecular complexity index is 1280. The zero-order valence-corrected chi connectivity index (χ0v) is 17.7. The molecular weight excluding hydrogens is 388 g/mol. The molecule has 2 aromatic carbocycles. The second-order valence-electron chi connectivity index (χ2n) is 7.85. The molecular formula is C25H24N4O2. The van der Waals surface area contributed by atoms with Crippen molar-refractivity contribution >= 4 is 22.5 Å². The molecule has 6 nitrogen and oxygen atoms in total. The van der Waals surface area contributed by atoms with Crippen molar-refractivity contribution in [1.82, 2.24) is 14.5 Å². The average Bonchev–Trinajstić information content (AvgIpc) is 3.13. The Hall–Kier alpha value is -3.51. The highest BCUT2D eigenvalue weighted by Gasteiger charge is 2.21. The second-order valence-corrected chi connectivity index (χ2v) is 7.85. The maximum absolute atomic E-state index is 12.1. The van der Waals surface area contributed by atoms with Crippen LogP contribution in [0, 0.1) is 6.92 Å². The minimum Gasteiger partial charge on any atom is -0.376 e. The first-order chi connectivity index (χ1) is 15.1. The van der Waals surface area contributed by atoms with Gasteiger partial charge in [-0.1, -0.05) is 42.5 Å². The molecule has 1 aliphatic rings. The van der Waals surface area contributed by atoms with Crippen molar-refractivity contribution in [1.29, 1.82) is 0 Å². The number of aryl methyl sites for hydroxylation is 1. The van der Waals surface area contributed by atoms with Crippen LogP contribution in [0.15, 0.2) is 54.6 Å². The predicted octanol–water partition coefficient (Wildman–Crippen LogP) is 4.62. The summed E-state index contributed by atoms with van der Waals surface area (Å²) >= 11 is 0. The summed E-state index contributed by atoms with van der Waals surface area (Å²) in [6.07, 6.45) is 0.752. The monoisotopic (exact) mass is 412 g/mol. The van der Waals surface area contributed by atoms with E-state index in [4.69, 9.17) is 14.7 Å². The molecule has 0 fully saturated rings. The minimum absolute atomic E-state index is 0.0523. The van der Waals surface area contributed by atoms with Crippen LogP contribution in [0.1, 0.15) is 39.8 Å². The van der Waals surface area contributed by atoms with Crippen molar-refractivity contribution in [2.45, 2.75) is 33.4 Å². The fourth-order valence-corrected chi connectivity index (χ4v) is 4.18. The Kier molecular flexibility index (Phi) is 5.00. The maximum Gasteiger partial charge on any atom is 0.236 e. The molecule has 6 heteroatoms. The standard InChI is InChI=1S/C25H24N4O2/c1-16-13-20-19(17(2)30)9-6-10-23(20)29(16)25-27-22-11-12-31-15-21(22)24(28-25)26-14-18-7-4-3-5-8-18/h3-10,13H,11-12,14-15H2,1-2H3,(H,26,27,28). The molecule has 0 aliphatic carbocycles. The number of anilines is 1. The Morgan fingerprint density at radius 2 is 1.97 bits per heavy atom. The van der Waals surface area contributed by atoms with Gasteiger partial charge in [0.25, 0.3) is 0 Å². The highest BCUT2D eigenvalue weighted by atomic mass is 16.5. The summed E-state index contributed by atoms with van der Waals surface area (Å²) < 4.78 is 7.72. The van der Waals surface area contributed by atoms with E-state index < -0.39 is 0 Å². The summed E-state index contributed by atoms with van der Waals surface area (Å²) in [6.45, 7) is 5.45. The Morgan fingerprint density at radius 1 is 1.13 bits per heavy atom. The van der Waals surface area contributed by atoms with Gasteiger partial charge in [0.2, 0.25) is 5.95 Å². The lowest BCUT2D eigenvalue weighted by atomic mass is 10.1. The van der Waals surface area contributed by atoms with Crippen molar-refractivity contribution in [3.8, 4) is 5.95 Å². The van der Waals surface area contributed by atoms with E-state index >= 15 is 0 Å². The molecule has 4 aromatic rings. The van der Waals surface area contributed by atoms with Crippen LogP contribution in [0.5, 0.6) is 0 Å². The molecule has 0 unspecified atom stereocenters. The van der Waals surface area contributed by atoms with Crippen LogP contribution in [-0.4, -0.2) is 26.9 Å². The van der Waals surface area contributed by atoms with E-state index in [9.17, 15) is 4.79 Å². The SMILES string of the molecule is CC(=O)c1cccc2c1cc(C)n2-c1nc2c(c(NCc3ccccc3)n1)COCC2. The number of rotatable bonds is 5. The number of carbonyl (C=O) groups is 1. The number of hydrogen-bond acceptors (Lipinski definition) is 5. The summed E-state index contributed by atoms with van der Waals surface area (Å²) in [6, 6.07) is 18.1. The molecule has 0 saturated heterocycles. The molecule has 2 aromatic heterocycles. The third kappa shape index (κ3) is 3.59. The van der Waals surface area contributed by atoms with Gasteiger partial charge in [-0.05, 0) is 31.5 Å². The fourth-order valence-electron chi connectivity index (χ4n) is 4.18. The number of nitrogens with zero attached hydrogens (tertiary/aromatic N) is 3. The second kappa shape index (κ2) is 7.96. The van der Waals surface area contributed by atoms with E-state index in [1.807, 2.05) is 54.0 Å². The van der Waals surface area contributed by atoms with Crippen LogP contribution in [0.4, 0.5) is 5.82 Å². The zero-order chi connectivity index (χ0) is 21.4. The molecule has 0 bridgehead atoms. The normalized spacial score (nSPS) is 13.2. The van der Waals surface area contributed by atoms with Crippen LogP contribution >= 0.6 is 0 Å². The maximum atomic E-state index is 12.1. The van der Waals surface area contributed by atoms with Gasteiger partial charge in [0, 0.05) is 35.2 Å². The van der Waals surface area contributed by atoms with Crippen LogP contribution in [-0.2, 0) is 24.3 Å². The number of carbonyl (C=O) groups excluding carboxylic acids is 1. The number of aromatic nitrogens is 3. The molecule has 0 spiro atoms. The number of nitrogens with one attached hydrogen (secondary N) is 1. The van der Waals surface area contributed by atoms with Crippen LogP contribution in [0.25, 0.3) is 16.9 Å². The number of Topliss-reactive ketones (excluding diaryl/α,β-unsaturated/α-hetero) is 1. The molecule has 1 N–H and O–H groups in total. The quantitative estimate of drug-likeness (QED) is 0.485. The molecule has 0 saturated carbocycles. The molecule has 0 radical (unpaired) electrons. The topological polar surface area (TPSA) is 69.0 Å². The molecule has 0 amide bonds. The lowest BCUT2D eigenvalue weighted by Gasteiger charge is -2.21. The third-order valence-electron chi connectivity index (χ3n) is 5.72. The summed E-state index contributed by atoms with van der Waals surface area (Å²) in [5.74, 6) is 1.47. The lowest BCUT2D eigenvalue weighted by molar-refractivity contribution is 0.101. The van der Waals surface area contributed by atoms with E-state index in [1.165, 1.54) is 5.56 Å². The smallest absolute Gasteiger partial charge is 0.236 e. The Labute approximate surface area is 180 Å². The molecule has 31 heavy (non-hydrogen) atoms. The van der Waals surface area contributed by atoms with Crippen molar-refractivity contribution in [3.05, 3.63) is 82.7 Å². The molecule has 1 aliphatic heterocycles. The van der Waals surface area contributed by atoms with Crippen LogP contribution < -0.4 is 5.32 Å². The lowest BCUT2D eigenvalue weighted by Crippen LogP contribution is -2.19. The van der Waals surface area contributed by atoms with Gasteiger partial charge in [-0.2, -0.15) is 4.98 Å². The van der Waals surface area contributed by atoms with Crippen molar-refractivity contribution in [2.24, 2.45) is 0 Å². The predicted molar refractivity (Wildman–Crippen MR) is 121 cm³/mol. The van der Waals surface area contributed by atoms with E-state index in [1.54, 1.807) is 6.92 Å². The van der Waals surface area contributed by atoms with Crippen molar-refractivity contribution in [3.63, 3.8) is 0 Å². The van der Waals surface area contributed by atoms with Crippen molar-refractivity contribution in [2.75, 3.05) is 11.9 Å². The number of benzene rings is 2. The van der Waals surface area contributed by atoms with Crippen molar-refractivity contribution < 1.29 is 9.53 Å². The minimum atomic E-state index is 0.0523. The average molecular weight is 412 g/mol.